The Morgan fingerprint density at radius 2 is 1.73 bits per heavy atom. The molecule has 1 fully saturated rings. The largest absolute Gasteiger partial charge is 0.371 e. The Morgan fingerprint density at radius 3 is 2.50 bits per heavy atom. The summed E-state index contributed by atoms with van der Waals surface area (Å²) in [6, 6.07) is 12.6. The van der Waals surface area contributed by atoms with Crippen molar-refractivity contribution in [1.82, 2.24) is 0 Å². The zero-order valence-corrected chi connectivity index (χ0v) is 14.6. The topological polar surface area (TPSA) is 66.7 Å². The maximum atomic E-state index is 13.4. The highest BCUT2D eigenvalue weighted by atomic mass is 16.6. The van der Waals surface area contributed by atoms with Gasteiger partial charge in [-0.15, -0.1) is 0 Å². The highest BCUT2D eigenvalue weighted by Gasteiger charge is 2.28. The van der Waals surface area contributed by atoms with Crippen LogP contribution in [0.1, 0.15) is 35.2 Å². The van der Waals surface area contributed by atoms with Gasteiger partial charge in [0.2, 0.25) is 0 Å². The number of aryl methyl sites for hydroxylation is 1. The van der Waals surface area contributed by atoms with E-state index in [4.69, 9.17) is 0 Å². The summed E-state index contributed by atoms with van der Waals surface area (Å²) >= 11 is 0. The van der Waals surface area contributed by atoms with E-state index in [0.29, 0.717) is 12.1 Å². The van der Waals surface area contributed by atoms with Crippen LogP contribution in [0.5, 0.6) is 0 Å². The molecule has 2 aliphatic rings. The SMILES string of the molecule is O=C(c1cc([N+](=O)[O-])ccc1N1CCCC1)N1CCCc2ccccc21. The van der Waals surface area contributed by atoms with Gasteiger partial charge in [0, 0.05) is 37.5 Å². The van der Waals surface area contributed by atoms with Crippen molar-refractivity contribution < 1.29 is 9.72 Å². The second kappa shape index (κ2) is 6.78. The fourth-order valence-electron chi connectivity index (χ4n) is 3.93. The number of rotatable bonds is 3. The van der Waals surface area contributed by atoms with E-state index in [0.717, 1.165) is 55.7 Å². The van der Waals surface area contributed by atoms with Crippen LogP contribution in [0, 0.1) is 10.1 Å². The minimum Gasteiger partial charge on any atom is -0.371 e. The Labute approximate surface area is 152 Å². The number of carbonyl (C=O) groups is 1. The molecule has 2 aromatic carbocycles. The maximum Gasteiger partial charge on any atom is 0.270 e. The lowest BCUT2D eigenvalue weighted by molar-refractivity contribution is -0.384. The molecule has 134 valence electrons. The number of fused-ring (bicyclic) bond motifs is 1. The maximum absolute atomic E-state index is 13.4. The molecule has 0 bridgehead atoms. The molecule has 0 unspecified atom stereocenters. The lowest BCUT2D eigenvalue weighted by Crippen LogP contribution is -2.36. The number of carbonyl (C=O) groups excluding carboxylic acids is 1. The van der Waals surface area contributed by atoms with Gasteiger partial charge in [-0.05, 0) is 43.4 Å². The van der Waals surface area contributed by atoms with Gasteiger partial charge in [-0.1, -0.05) is 18.2 Å². The lowest BCUT2D eigenvalue weighted by Gasteiger charge is -2.31. The smallest absolute Gasteiger partial charge is 0.270 e. The van der Waals surface area contributed by atoms with Crippen molar-refractivity contribution in [3.8, 4) is 0 Å². The van der Waals surface area contributed by atoms with E-state index in [9.17, 15) is 14.9 Å². The third-order valence-electron chi connectivity index (χ3n) is 5.22. The van der Waals surface area contributed by atoms with Crippen molar-refractivity contribution in [3.05, 3.63) is 63.7 Å². The number of para-hydroxylation sites is 1. The van der Waals surface area contributed by atoms with Crippen LogP contribution in [0.4, 0.5) is 17.1 Å². The van der Waals surface area contributed by atoms with Crippen LogP contribution in [0.25, 0.3) is 0 Å². The van der Waals surface area contributed by atoms with Crippen LogP contribution in [-0.2, 0) is 6.42 Å². The van der Waals surface area contributed by atoms with E-state index in [2.05, 4.69) is 4.90 Å². The number of hydrogen-bond acceptors (Lipinski definition) is 4. The number of nitro groups is 1. The van der Waals surface area contributed by atoms with Crippen LogP contribution in [0.15, 0.2) is 42.5 Å². The van der Waals surface area contributed by atoms with Crippen LogP contribution in [0.2, 0.25) is 0 Å². The summed E-state index contributed by atoms with van der Waals surface area (Å²) in [5, 5.41) is 11.3. The van der Waals surface area contributed by atoms with Crippen molar-refractivity contribution in [1.29, 1.82) is 0 Å². The number of nitro benzene ring substituents is 1. The number of anilines is 2. The molecule has 0 aromatic heterocycles. The van der Waals surface area contributed by atoms with Gasteiger partial charge in [0.1, 0.15) is 0 Å². The number of hydrogen-bond donors (Lipinski definition) is 0. The number of benzene rings is 2. The van der Waals surface area contributed by atoms with E-state index in [1.165, 1.54) is 12.1 Å². The zero-order valence-electron chi connectivity index (χ0n) is 14.6. The van der Waals surface area contributed by atoms with Crippen molar-refractivity contribution in [2.45, 2.75) is 25.7 Å². The second-order valence-electron chi connectivity index (χ2n) is 6.84. The average molecular weight is 351 g/mol. The Bertz CT molecular complexity index is 859. The highest BCUT2D eigenvalue weighted by Crippen LogP contribution is 2.33. The molecule has 4 rings (SSSR count). The van der Waals surface area contributed by atoms with Gasteiger partial charge >= 0.3 is 0 Å². The van der Waals surface area contributed by atoms with E-state index in [1.54, 1.807) is 11.0 Å². The molecule has 0 aliphatic carbocycles. The third-order valence-corrected chi connectivity index (χ3v) is 5.22. The average Bonchev–Trinajstić information content (AvgIpc) is 3.21. The van der Waals surface area contributed by atoms with Crippen molar-refractivity contribution in [2.75, 3.05) is 29.4 Å². The monoisotopic (exact) mass is 351 g/mol. The molecule has 0 atom stereocenters. The summed E-state index contributed by atoms with van der Waals surface area (Å²) in [5.74, 6) is -0.150. The van der Waals surface area contributed by atoms with Gasteiger partial charge in [-0.2, -0.15) is 0 Å². The molecule has 2 aromatic rings. The summed E-state index contributed by atoms with van der Waals surface area (Å²) in [5.41, 5.74) is 3.27. The van der Waals surface area contributed by atoms with Gasteiger partial charge in [0.05, 0.1) is 16.2 Å². The number of nitrogens with zero attached hydrogens (tertiary/aromatic N) is 3. The van der Waals surface area contributed by atoms with Crippen LogP contribution in [-0.4, -0.2) is 30.5 Å². The Morgan fingerprint density at radius 1 is 0.962 bits per heavy atom. The molecule has 6 heteroatoms. The van der Waals surface area contributed by atoms with E-state index >= 15 is 0 Å². The zero-order chi connectivity index (χ0) is 18.1. The van der Waals surface area contributed by atoms with Gasteiger partial charge < -0.3 is 9.80 Å². The minimum absolute atomic E-state index is 0.0402. The number of non-ortho nitro benzene ring substituents is 1. The summed E-state index contributed by atoms with van der Waals surface area (Å²) < 4.78 is 0. The predicted octanol–water partition coefficient (Wildman–Crippen LogP) is 3.79. The first-order valence-electron chi connectivity index (χ1n) is 9.08. The van der Waals surface area contributed by atoms with Crippen LogP contribution < -0.4 is 9.80 Å². The molecule has 1 saturated heterocycles. The third kappa shape index (κ3) is 2.92. The normalized spacial score (nSPS) is 16.5. The molecule has 0 radical (unpaired) electrons. The van der Waals surface area contributed by atoms with Gasteiger partial charge in [-0.25, -0.2) is 0 Å². The minimum atomic E-state index is -0.436. The summed E-state index contributed by atoms with van der Waals surface area (Å²) in [6.45, 7) is 2.40. The van der Waals surface area contributed by atoms with Crippen molar-refractivity contribution in [3.63, 3.8) is 0 Å². The molecule has 6 nitrogen and oxygen atoms in total. The quantitative estimate of drug-likeness (QED) is 0.623. The van der Waals surface area contributed by atoms with Crippen LogP contribution >= 0.6 is 0 Å². The molecular formula is C20H21N3O3. The highest BCUT2D eigenvalue weighted by molar-refractivity contribution is 6.10. The fraction of sp³-hybridized carbons (Fsp3) is 0.350. The lowest BCUT2D eigenvalue weighted by atomic mass is 10.00. The Balaban J connectivity index is 1.77. The van der Waals surface area contributed by atoms with E-state index in [-0.39, 0.29) is 11.6 Å². The molecule has 2 aliphatic heterocycles. The Kier molecular flexibility index (Phi) is 4.32. The van der Waals surface area contributed by atoms with E-state index < -0.39 is 4.92 Å². The molecular weight excluding hydrogens is 330 g/mol. The van der Waals surface area contributed by atoms with E-state index in [1.807, 2.05) is 24.3 Å². The van der Waals surface area contributed by atoms with Gasteiger partial charge in [0.25, 0.3) is 11.6 Å². The van der Waals surface area contributed by atoms with Crippen molar-refractivity contribution in [2.24, 2.45) is 0 Å². The Hall–Kier alpha value is -2.89. The first kappa shape index (κ1) is 16.6. The fourth-order valence-corrected chi connectivity index (χ4v) is 3.93. The predicted molar refractivity (Wildman–Crippen MR) is 101 cm³/mol. The standard InChI is InChI=1S/C20H21N3O3/c24-20(22-13-5-7-15-6-1-2-8-18(15)22)17-14-16(23(25)26)9-10-19(17)21-11-3-4-12-21/h1-2,6,8-10,14H,3-5,7,11-13H2. The van der Waals surface area contributed by atoms with Gasteiger partial charge in [0.15, 0.2) is 0 Å². The van der Waals surface area contributed by atoms with Crippen molar-refractivity contribution >= 4 is 23.0 Å². The molecule has 0 N–H and O–H groups in total. The molecule has 1 amide bonds. The summed E-state index contributed by atoms with van der Waals surface area (Å²) in [7, 11) is 0. The molecule has 26 heavy (non-hydrogen) atoms. The van der Waals surface area contributed by atoms with Crippen LogP contribution in [0.3, 0.4) is 0 Å². The molecule has 2 heterocycles. The number of amides is 1. The summed E-state index contributed by atoms with van der Waals surface area (Å²) in [6.07, 6.45) is 4.01. The second-order valence-corrected chi connectivity index (χ2v) is 6.84. The first-order chi connectivity index (χ1) is 12.6. The first-order valence-corrected chi connectivity index (χ1v) is 9.08. The molecule has 0 spiro atoms. The van der Waals surface area contributed by atoms with Gasteiger partial charge in [-0.3, -0.25) is 14.9 Å². The molecule has 0 saturated carbocycles. The summed E-state index contributed by atoms with van der Waals surface area (Å²) in [4.78, 5) is 28.1.